The van der Waals surface area contributed by atoms with Crippen LogP contribution in [0.5, 0.6) is 0 Å². The van der Waals surface area contributed by atoms with E-state index in [1.54, 1.807) is 0 Å². The lowest BCUT2D eigenvalue weighted by atomic mass is 10.1. The molecule has 0 unspecified atom stereocenters. The second kappa shape index (κ2) is 34.9. The maximum absolute atomic E-state index is 12.9. The van der Waals surface area contributed by atoms with Crippen molar-refractivity contribution in [2.75, 3.05) is 13.2 Å². The van der Waals surface area contributed by atoms with Gasteiger partial charge in [0.1, 0.15) is 0 Å². The standard InChI is InChI=1S/C38H72NO6P/c1-3-5-7-9-11-13-15-17-19-21-23-25-27-29-31-33-37(40)44-46(42,43-36-35-39)45-38(41)34-32-30-28-26-24-22-20-18-16-14-12-10-8-6-4-2/h17-20H,3-16,21-36,39H2,1-2H3/b19-17+,20-18+. The Morgan fingerprint density at radius 2 is 0.804 bits per heavy atom. The second-order valence-electron chi connectivity index (χ2n) is 12.7. The summed E-state index contributed by atoms with van der Waals surface area (Å²) in [5.41, 5.74) is 5.46. The third-order valence-electron chi connectivity index (χ3n) is 8.08. The minimum atomic E-state index is -4.32. The molecule has 270 valence electrons. The van der Waals surface area contributed by atoms with Gasteiger partial charge in [-0.1, -0.05) is 141 Å². The van der Waals surface area contributed by atoms with Crippen LogP contribution >= 0.6 is 7.82 Å². The third kappa shape index (κ3) is 32.5. The molecule has 0 aliphatic heterocycles. The number of carbonyl (C=O) groups excluding carboxylic acids is 2. The maximum Gasteiger partial charge on any atom is 0.592 e. The number of carbonyl (C=O) groups is 2. The van der Waals surface area contributed by atoms with E-state index in [2.05, 4.69) is 38.2 Å². The number of hydrogen-bond donors (Lipinski definition) is 1. The number of phosphoric acid groups is 1. The van der Waals surface area contributed by atoms with Crippen molar-refractivity contribution in [3.63, 3.8) is 0 Å². The highest BCUT2D eigenvalue weighted by Crippen LogP contribution is 2.50. The molecule has 0 atom stereocenters. The maximum atomic E-state index is 12.9. The van der Waals surface area contributed by atoms with E-state index in [1.165, 1.54) is 89.9 Å². The molecule has 0 fully saturated rings. The summed E-state index contributed by atoms with van der Waals surface area (Å²) in [6, 6.07) is 0. The van der Waals surface area contributed by atoms with Crippen LogP contribution in [0.1, 0.15) is 194 Å². The zero-order chi connectivity index (χ0) is 33.8. The summed E-state index contributed by atoms with van der Waals surface area (Å²) in [5.74, 6) is -1.35. The normalized spacial score (nSPS) is 12.0. The van der Waals surface area contributed by atoms with Crippen LogP contribution in [-0.4, -0.2) is 25.1 Å². The predicted octanol–water partition coefficient (Wildman–Crippen LogP) is 12.2. The van der Waals surface area contributed by atoms with Gasteiger partial charge in [0.05, 0.1) is 6.61 Å². The second-order valence-corrected chi connectivity index (χ2v) is 14.2. The first kappa shape index (κ1) is 44.6. The van der Waals surface area contributed by atoms with E-state index >= 15 is 0 Å². The van der Waals surface area contributed by atoms with Gasteiger partial charge in [0.15, 0.2) is 0 Å². The lowest BCUT2D eigenvalue weighted by molar-refractivity contribution is -0.141. The molecule has 0 aliphatic rings. The molecule has 0 aromatic carbocycles. The Labute approximate surface area is 283 Å². The molecule has 7 nitrogen and oxygen atoms in total. The zero-order valence-electron chi connectivity index (χ0n) is 30.0. The number of nitrogens with two attached hydrogens (primary N) is 1. The van der Waals surface area contributed by atoms with Crippen molar-refractivity contribution in [3.8, 4) is 0 Å². The van der Waals surface area contributed by atoms with Gasteiger partial charge in [0.25, 0.3) is 0 Å². The topological polar surface area (TPSA) is 105 Å². The molecular weight excluding hydrogens is 597 g/mol. The van der Waals surface area contributed by atoms with Crippen molar-refractivity contribution in [2.24, 2.45) is 5.73 Å². The Kier molecular flexibility index (Phi) is 33.8. The molecular formula is C38H72NO6P. The fourth-order valence-electron chi connectivity index (χ4n) is 5.26. The molecule has 0 rings (SSSR count). The van der Waals surface area contributed by atoms with Crippen molar-refractivity contribution in [1.82, 2.24) is 0 Å². The van der Waals surface area contributed by atoms with Gasteiger partial charge >= 0.3 is 19.8 Å². The van der Waals surface area contributed by atoms with Gasteiger partial charge < -0.3 is 14.8 Å². The summed E-state index contributed by atoms with van der Waals surface area (Å²) >= 11 is 0. The molecule has 0 aromatic rings. The fourth-order valence-corrected chi connectivity index (χ4v) is 6.41. The number of rotatable bonds is 35. The summed E-state index contributed by atoms with van der Waals surface area (Å²) in [5, 5.41) is 0. The van der Waals surface area contributed by atoms with Gasteiger partial charge in [-0.15, -0.1) is 0 Å². The highest BCUT2D eigenvalue weighted by molar-refractivity contribution is 7.49. The van der Waals surface area contributed by atoms with E-state index < -0.39 is 19.8 Å². The molecule has 0 bridgehead atoms. The van der Waals surface area contributed by atoms with Gasteiger partial charge in [-0.2, -0.15) is 0 Å². The van der Waals surface area contributed by atoms with Crippen molar-refractivity contribution in [1.29, 1.82) is 0 Å². The smallest absolute Gasteiger partial charge is 0.361 e. The van der Waals surface area contributed by atoms with Crippen LogP contribution in [0.15, 0.2) is 24.3 Å². The average Bonchev–Trinajstić information content (AvgIpc) is 3.03. The minimum absolute atomic E-state index is 0.0710. The molecule has 0 amide bonds. The molecule has 0 saturated carbocycles. The Morgan fingerprint density at radius 3 is 1.13 bits per heavy atom. The lowest BCUT2D eigenvalue weighted by Gasteiger charge is -2.16. The molecule has 0 radical (unpaired) electrons. The quantitative estimate of drug-likeness (QED) is 0.0406. The Balaban J connectivity index is 3.94. The van der Waals surface area contributed by atoms with E-state index in [-0.39, 0.29) is 26.0 Å². The van der Waals surface area contributed by atoms with Crippen molar-refractivity contribution >= 4 is 19.8 Å². The van der Waals surface area contributed by atoms with Gasteiger partial charge in [0.2, 0.25) is 0 Å². The van der Waals surface area contributed by atoms with Crippen LogP contribution in [0, 0.1) is 0 Å². The van der Waals surface area contributed by atoms with Crippen molar-refractivity contribution in [2.45, 2.75) is 194 Å². The largest absolute Gasteiger partial charge is 0.592 e. The Morgan fingerprint density at radius 1 is 0.500 bits per heavy atom. The van der Waals surface area contributed by atoms with Crippen molar-refractivity contribution in [3.05, 3.63) is 24.3 Å². The van der Waals surface area contributed by atoms with Crippen LogP contribution in [0.2, 0.25) is 0 Å². The first-order valence-electron chi connectivity index (χ1n) is 19.2. The van der Waals surface area contributed by atoms with Crippen LogP contribution < -0.4 is 5.73 Å². The SMILES string of the molecule is CCCCCCCC/C=C/CCCCCCCC(=O)OP(=O)(OCCN)OC(=O)CCCCCCC/C=C/CCCCCCCC. The van der Waals surface area contributed by atoms with Gasteiger partial charge in [-0.25, -0.2) is 4.57 Å². The molecule has 8 heteroatoms. The van der Waals surface area contributed by atoms with E-state index in [0.717, 1.165) is 64.2 Å². The van der Waals surface area contributed by atoms with Crippen LogP contribution in [0.4, 0.5) is 0 Å². The fraction of sp³-hybridized carbons (Fsp3) is 0.842. The molecule has 0 heterocycles. The molecule has 2 N–H and O–H groups in total. The van der Waals surface area contributed by atoms with Gasteiger partial charge in [0, 0.05) is 19.4 Å². The Bertz CT molecular complexity index is 742. The lowest BCUT2D eigenvalue weighted by Crippen LogP contribution is -2.14. The highest BCUT2D eigenvalue weighted by Gasteiger charge is 2.34. The average molecular weight is 670 g/mol. The van der Waals surface area contributed by atoms with Gasteiger partial charge in [-0.3, -0.25) is 14.1 Å². The summed E-state index contributed by atoms with van der Waals surface area (Å²) < 4.78 is 28.1. The van der Waals surface area contributed by atoms with Crippen molar-refractivity contribution < 1.29 is 27.7 Å². The van der Waals surface area contributed by atoms with E-state index in [9.17, 15) is 14.2 Å². The summed E-state index contributed by atoms with van der Waals surface area (Å²) in [7, 11) is -4.32. The summed E-state index contributed by atoms with van der Waals surface area (Å²) in [6.45, 7) is 4.44. The minimum Gasteiger partial charge on any atom is -0.361 e. The highest BCUT2D eigenvalue weighted by atomic mass is 31.2. The first-order chi connectivity index (χ1) is 22.5. The number of phosphoric ester groups is 1. The molecule has 0 aliphatic carbocycles. The molecule has 0 spiro atoms. The summed E-state index contributed by atoms with van der Waals surface area (Å²) in [6.07, 6.45) is 39.6. The van der Waals surface area contributed by atoms with E-state index in [0.29, 0.717) is 12.8 Å². The molecule has 0 saturated heterocycles. The zero-order valence-corrected chi connectivity index (χ0v) is 30.9. The molecule has 0 aromatic heterocycles. The van der Waals surface area contributed by atoms with Crippen LogP contribution in [0.3, 0.4) is 0 Å². The summed E-state index contributed by atoms with van der Waals surface area (Å²) in [4.78, 5) is 24.7. The number of hydrogen-bond acceptors (Lipinski definition) is 7. The van der Waals surface area contributed by atoms with E-state index in [4.69, 9.17) is 19.3 Å². The van der Waals surface area contributed by atoms with Gasteiger partial charge in [-0.05, 0) is 64.2 Å². The van der Waals surface area contributed by atoms with Crippen LogP contribution in [-0.2, 0) is 27.7 Å². The predicted molar refractivity (Wildman–Crippen MR) is 194 cm³/mol. The Hall–Kier alpha value is -1.43. The number of allylic oxidation sites excluding steroid dienone is 4. The monoisotopic (exact) mass is 670 g/mol. The third-order valence-corrected chi connectivity index (χ3v) is 9.43. The van der Waals surface area contributed by atoms with E-state index in [1.807, 2.05) is 0 Å². The van der Waals surface area contributed by atoms with Crippen LogP contribution in [0.25, 0.3) is 0 Å². The number of unbranched alkanes of at least 4 members (excludes halogenated alkanes) is 22. The first-order valence-corrected chi connectivity index (χ1v) is 20.6. The molecule has 46 heavy (non-hydrogen) atoms.